The van der Waals surface area contributed by atoms with Gasteiger partial charge in [-0.1, -0.05) is 75.6 Å². The van der Waals surface area contributed by atoms with Gasteiger partial charge in [-0.05, 0) is 19.3 Å². The fourth-order valence-corrected chi connectivity index (χ4v) is 3.00. The third-order valence-electron chi connectivity index (χ3n) is 3.43. The first kappa shape index (κ1) is 19.9. The number of hydrogen-bond donors (Lipinski definition) is 0. The van der Waals surface area contributed by atoms with Crippen LogP contribution < -0.4 is 0 Å². The maximum absolute atomic E-state index is 12.4. The predicted molar refractivity (Wildman–Crippen MR) is 95.4 cm³/mol. The minimum absolute atomic E-state index is 0.101. The van der Waals surface area contributed by atoms with E-state index in [4.69, 9.17) is 4.74 Å². The molecule has 3 heteroatoms. The maximum atomic E-state index is 12.4. The summed E-state index contributed by atoms with van der Waals surface area (Å²) in [5.41, 5.74) is 0. The fraction of sp³-hybridized carbons (Fsp3) is 0.824. The SMILES string of the molecule is C=C(OCCCC)C(CCC)C(=O)CC(I)CCCC. The van der Waals surface area contributed by atoms with Gasteiger partial charge in [0.2, 0.25) is 0 Å². The van der Waals surface area contributed by atoms with Gasteiger partial charge in [-0.25, -0.2) is 0 Å². The monoisotopic (exact) mass is 394 g/mol. The average Bonchev–Trinajstić information content (AvgIpc) is 2.42. The molecule has 0 aliphatic rings. The number of ketones is 1. The molecule has 0 N–H and O–H groups in total. The lowest BCUT2D eigenvalue weighted by atomic mass is 9.93. The number of halogens is 1. The lowest BCUT2D eigenvalue weighted by molar-refractivity contribution is -0.123. The smallest absolute Gasteiger partial charge is 0.144 e. The largest absolute Gasteiger partial charge is 0.498 e. The second kappa shape index (κ2) is 12.7. The van der Waals surface area contributed by atoms with Crippen LogP contribution in [0, 0.1) is 5.92 Å². The summed E-state index contributed by atoms with van der Waals surface area (Å²) in [6.07, 6.45) is 8.16. The molecule has 20 heavy (non-hydrogen) atoms. The van der Waals surface area contributed by atoms with Crippen LogP contribution >= 0.6 is 22.6 Å². The van der Waals surface area contributed by atoms with Gasteiger partial charge < -0.3 is 4.74 Å². The van der Waals surface area contributed by atoms with Crippen LogP contribution in [0.25, 0.3) is 0 Å². The highest BCUT2D eigenvalue weighted by Crippen LogP contribution is 2.24. The highest BCUT2D eigenvalue weighted by Gasteiger charge is 2.24. The lowest BCUT2D eigenvalue weighted by Gasteiger charge is -2.20. The van der Waals surface area contributed by atoms with Crippen molar-refractivity contribution in [3.05, 3.63) is 12.3 Å². The summed E-state index contributed by atoms with van der Waals surface area (Å²) >= 11 is 2.41. The molecule has 0 aromatic heterocycles. The Hall–Kier alpha value is -0.0600. The Morgan fingerprint density at radius 1 is 1.10 bits per heavy atom. The number of unbranched alkanes of at least 4 members (excludes halogenated alkanes) is 2. The molecule has 0 aliphatic carbocycles. The van der Waals surface area contributed by atoms with Crippen molar-refractivity contribution >= 4 is 28.4 Å². The molecule has 0 spiro atoms. The Morgan fingerprint density at radius 2 is 1.75 bits per heavy atom. The van der Waals surface area contributed by atoms with Crippen LogP contribution in [0.15, 0.2) is 12.3 Å². The Kier molecular flexibility index (Phi) is 12.6. The van der Waals surface area contributed by atoms with Gasteiger partial charge in [0.1, 0.15) is 5.78 Å². The summed E-state index contributed by atoms with van der Waals surface area (Å²) in [5, 5.41) is 0. The average molecular weight is 394 g/mol. The standard InChI is InChI=1S/C17H31IO2/c1-5-8-11-15(18)13-17(19)16(10-7-3)14(4)20-12-9-6-2/h15-16H,4-13H2,1-3H3. The molecule has 0 bridgehead atoms. The molecule has 0 fully saturated rings. The molecule has 0 aromatic rings. The van der Waals surface area contributed by atoms with Gasteiger partial charge >= 0.3 is 0 Å². The first-order valence-corrected chi connectivity index (χ1v) is 9.29. The van der Waals surface area contributed by atoms with Gasteiger partial charge in [0.15, 0.2) is 0 Å². The van der Waals surface area contributed by atoms with Gasteiger partial charge in [0.25, 0.3) is 0 Å². The van der Waals surface area contributed by atoms with Crippen molar-refractivity contribution in [1.82, 2.24) is 0 Å². The normalized spacial score (nSPS) is 13.8. The molecule has 2 unspecified atom stereocenters. The van der Waals surface area contributed by atoms with Crippen molar-refractivity contribution in [2.24, 2.45) is 5.92 Å². The number of allylic oxidation sites excluding steroid dienone is 1. The summed E-state index contributed by atoms with van der Waals surface area (Å²) < 4.78 is 6.11. The van der Waals surface area contributed by atoms with Gasteiger partial charge in [-0.3, -0.25) is 4.79 Å². The van der Waals surface area contributed by atoms with Crippen LogP contribution in [0.1, 0.15) is 72.1 Å². The van der Waals surface area contributed by atoms with Crippen LogP contribution in [-0.2, 0) is 9.53 Å². The molecule has 0 amide bonds. The van der Waals surface area contributed by atoms with Crippen LogP contribution in [0.5, 0.6) is 0 Å². The van der Waals surface area contributed by atoms with Crippen LogP contribution in [0.4, 0.5) is 0 Å². The quantitative estimate of drug-likeness (QED) is 0.174. The van der Waals surface area contributed by atoms with Crippen molar-refractivity contribution in [2.75, 3.05) is 6.61 Å². The number of carbonyl (C=O) groups excluding carboxylic acids is 1. The highest BCUT2D eigenvalue weighted by molar-refractivity contribution is 14.1. The number of hydrogen-bond acceptors (Lipinski definition) is 2. The van der Waals surface area contributed by atoms with Crippen molar-refractivity contribution in [3.8, 4) is 0 Å². The molecule has 0 saturated heterocycles. The Balaban J connectivity index is 4.33. The van der Waals surface area contributed by atoms with Gasteiger partial charge in [-0.2, -0.15) is 0 Å². The predicted octanol–water partition coefficient (Wildman–Crippen LogP) is 5.69. The molecule has 2 nitrogen and oxygen atoms in total. The zero-order valence-corrected chi connectivity index (χ0v) is 15.6. The van der Waals surface area contributed by atoms with Gasteiger partial charge in [-0.15, -0.1) is 0 Å². The number of carbonyl (C=O) groups is 1. The third kappa shape index (κ3) is 8.98. The second-order valence-electron chi connectivity index (χ2n) is 5.42. The number of rotatable bonds is 13. The fourth-order valence-electron chi connectivity index (χ4n) is 2.13. The van der Waals surface area contributed by atoms with Crippen molar-refractivity contribution < 1.29 is 9.53 Å². The number of alkyl halides is 1. The molecule has 0 aliphatic heterocycles. The molecule has 118 valence electrons. The molecule has 0 rings (SSSR count). The third-order valence-corrected chi connectivity index (χ3v) is 4.50. The zero-order valence-electron chi connectivity index (χ0n) is 13.4. The molecular formula is C17H31IO2. The summed E-state index contributed by atoms with van der Waals surface area (Å²) in [4.78, 5) is 12.4. The lowest BCUT2D eigenvalue weighted by Crippen LogP contribution is -2.21. The van der Waals surface area contributed by atoms with E-state index in [0.29, 0.717) is 28.5 Å². The van der Waals surface area contributed by atoms with Crippen LogP contribution in [-0.4, -0.2) is 16.3 Å². The zero-order chi connectivity index (χ0) is 15.4. The summed E-state index contributed by atoms with van der Waals surface area (Å²) in [7, 11) is 0. The second-order valence-corrected chi connectivity index (χ2v) is 7.18. The van der Waals surface area contributed by atoms with Crippen molar-refractivity contribution in [2.45, 2.75) is 76.1 Å². The van der Waals surface area contributed by atoms with Gasteiger partial charge in [0.05, 0.1) is 18.3 Å². The highest BCUT2D eigenvalue weighted by atomic mass is 127. The van der Waals surface area contributed by atoms with E-state index in [1.807, 2.05) is 0 Å². The van der Waals surface area contributed by atoms with Crippen LogP contribution in [0.2, 0.25) is 0 Å². The van der Waals surface area contributed by atoms with E-state index in [1.165, 1.54) is 12.8 Å². The molecule has 0 saturated carbocycles. The van der Waals surface area contributed by atoms with Gasteiger partial charge in [0, 0.05) is 10.3 Å². The number of ether oxygens (including phenoxy) is 1. The topological polar surface area (TPSA) is 26.3 Å². The van der Waals surface area contributed by atoms with E-state index >= 15 is 0 Å². The summed E-state index contributed by atoms with van der Waals surface area (Å²) in [6.45, 7) is 11.1. The minimum atomic E-state index is -0.101. The molecular weight excluding hydrogens is 363 g/mol. The molecule has 0 radical (unpaired) electrons. The first-order chi connectivity index (χ1) is 9.56. The van der Waals surface area contributed by atoms with E-state index in [2.05, 4.69) is 49.9 Å². The van der Waals surface area contributed by atoms with Crippen molar-refractivity contribution in [3.63, 3.8) is 0 Å². The van der Waals surface area contributed by atoms with E-state index in [1.54, 1.807) is 0 Å². The maximum Gasteiger partial charge on any atom is 0.144 e. The van der Waals surface area contributed by atoms with E-state index < -0.39 is 0 Å². The molecule has 2 atom stereocenters. The Morgan fingerprint density at radius 3 is 2.30 bits per heavy atom. The van der Waals surface area contributed by atoms with E-state index in [-0.39, 0.29) is 5.92 Å². The van der Waals surface area contributed by atoms with E-state index in [0.717, 1.165) is 32.1 Å². The first-order valence-electron chi connectivity index (χ1n) is 8.05. The summed E-state index contributed by atoms with van der Waals surface area (Å²) in [5.74, 6) is 0.893. The minimum Gasteiger partial charge on any atom is -0.498 e. The molecule has 0 heterocycles. The van der Waals surface area contributed by atoms with Crippen LogP contribution in [0.3, 0.4) is 0 Å². The van der Waals surface area contributed by atoms with Crippen molar-refractivity contribution in [1.29, 1.82) is 0 Å². The Labute approximate surface area is 138 Å². The summed E-state index contributed by atoms with van der Waals surface area (Å²) in [6, 6.07) is 0. The Bertz CT molecular complexity index is 276. The number of Topliss-reactive ketones (excluding diaryl/α,β-unsaturated/α-hetero) is 1. The van der Waals surface area contributed by atoms with E-state index in [9.17, 15) is 4.79 Å². The molecule has 0 aromatic carbocycles.